The van der Waals surface area contributed by atoms with Crippen molar-refractivity contribution < 1.29 is 0 Å². The number of hydrogen-bond acceptors (Lipinski definition) is 0. The summed E-state index contributed by atoms with van der Waals surface area (Å²) < 4.78 is 0. The van der Waals surface area contributed by atoms with Crippen LogP contribution >= 0.6 is 0 Å². The fraction of sp³-hybridized carbons (Fsp3) is 0.200. The molecule has 0 radical (unpaired) electrons. The minimum Gasteiger partial charge on any atom is -0.0951 e. The van der Waals surface area contributed by atoms with Gasteiger partial charge in [0.1, 0.15) is 0 Å². The van der Waals surface area contributed by atoms with E-state index in [1.807, 2.05) is 0 Å². The molecule has 0 spiro atoms. The molecule has 0 atom stereocenters. The van der Waals surface area contributed by atoms with E-state index in [0.717, 1.165) is 5.56 Å². The zero-order valence-corrected chi connectivity index (χ0v) is 9.12. The van der Waals surface area contributed by atoms with Gasteiger partial charge in [0.25, 0.3) is 0 Å². The van der Waals surface area contributed by atoms with Gasteiger partial charge in [-0.25, -0.2) is 0 Å². The molecule has 0 heterocycles. The average molecular weight is 194 g/mol. The van der Waals surface area contributed by atoms with E-state index >= 15 is 0 Å². The minimum atomic E-state index is 0.427. The summed E-state index contributed by atoms with van der Waals surface area (Å²) in [7, 11) is 0. The Morgan fingerprint density at radius 3 is 2.40 bits per heavy atom. The number of hydrogen-bond donors (Lipinski definition) is 0. The summed E-state index contributed by atoms with van der Waals surface area (Å²) in [5.41, 5.74) is 1.10. The van der Waals surface area contributed by atoms with E-state index in [1.54, 1.807) is 0 Å². The quantitative estimate of drug-likeness (QED) is 0.559. The van der Waals surface area contributed by atoms with E-state index in [1.165, 1.54) is 10.8 Å². The molecule has 2 rings (SSSR count). The second kappa shape index (κ2) is 4.19. The highest BCUT2D eigenvalue weighted by atomic mass is 14.0. The van der Waals surface area contributed by atoms with Gasteiger partial charge in [-0.1, -0.05) is 56.0 Å². The molecular weight excluding hydrogens is 180 g/mol. The highest BCUT2D eigenvalue weighted by Gasteiger charge is 1.92. The van der Waals surface area contributed by atoms with Gasteiger partial charge in [0.15, 0.2) is 0 Å². The molecule has 0 unspecified atom stereocenters. The van der Waals surface area contributed by atoms with E-state index in [2.05, 4.69) is 68.2 Å². The third-order valence-electron chi connectivity index (χ3n) is 2.25. The molecule has 15 heavy (non-hydrogen) atoms. The van der Waals surface area contributed by atoms with Gasteiger partial charge < -0.3 is 0 Å². The molecule has 0 saturated carbocycles. The van der Waals surface area contributed by atoms with Crippen molar-refractivity contribution in [2.75, 3.05) is 0 Å². The van der Waals surface area contributed by atoms with Crippen molar-refractivity contribution in [1.29, 1.82) is 0 Å². The molecular formula is C15H14. The van der Waals surface area contributed by atoms with Gasteiger partial charge in [-0.05, 0) is 22.9 Å². The standard InChI is InChI=1S/C15H14/c1-12(2)7-8-13-9-10-14-5-3-4-6-15(14)11-13/h3-6,9-12H,1-2H3. The summed E-state index contributed by atoms with van der Waals surface area (Å²) in [5, 5.41) is 2.53. The predicted octanol–water partition coefficient (Wildman–Crippen LogP) is 3.85. The van der Waals surface area contributed by atoms with Gasteiger partial charge in [0.05, 0.1) is 0 Å². The summed E-state index contributed by atoms with van der Waals surface area (Å²) in [4.78, 5) is 0. The van der Waals surface area contributed by atoms with Crippen molar-refractivity contribution in [3.05, 3.63) is 48.0 Å². The molecule has 0 amide bonds. The van der Waals surface area contributed by atoms with Crippen molar-refractivity contribution in [3.8, 4) is 11.8 Å². The fourth-order valence-corrected chi connectivity index (χ4v) is 1.49. The lowest BCUT2D eigenvalue weighted by molar-refractivity contribution is 0.866. The molecule has 0 N–H and O–H groups in total. The summed E-state index contributed by atoms with van der Waals surface area (Å²) in [6, 6.07) is 14.7. The monoisotopic (exact) mass is 194 g/mol. The van der Waals surface area contributed by atoms with Crippen LogP contribution in [0, 0.1) is 17.8 Å². The molecule has 74 valence electrons. The van der Waals surface area contributed by atoms with Crippen molar-refractivity contribution in [2.45, 2.75) is 13.8 Å². The molecule has 0 saturated heterocycles. The third-order valence-corrected chi connectivity index (χ3v) is 2.25. The zero-order chi connectivity index (χ0) is 10.7. The van der Waals surface area contributed by atoms with Crippen LogP contribution in [0.4, 0.5) is 0 Å². The van der Waals surface area contributed by atoms with Crippen LogP contribution in [0.3, 0.4) is 0 Å². The summed E-state index contributed by atoms with van der Waals surface area (Å²) in [6.45, 7) is 4.21. The molecule has 0 nitrogen and oxygen atoms in total. The van der Waals surface area contributed by atoms with Gasteiger partial charge in [-0.15, -0.1) is 0 Å². The lowest BCUT2D eigenvalue weighted by Gasteiger charge is -1.97. The maximum atomic E-state index is 3.19. The zero-order valence-electron chi connectivity index (χ0n) is 9.12. The van der Waals surface area contributed by atoms with Crippen LogP contribution < -0.4 is 0 Å². The molecule has 2 aromatic rings. The molecule has 0 fully saturated rings. The summed E-state index contributed by atoms with van der Waals surface area (Å²) in [5.74, 6) is 6.79. The van der Waals surface area contributed by atoms with Crippen LogP contribution in [0.5, 0.6) is 0 Å². The Bertz CT molecular complexity index is 524. The molecule has 0 aliphatic heterocycles. The number of benzene rings is 2. The van der Waals surface area contributed by atoms with Gasteiger partial charge in [-0.3, -0.25) is 0 Å². The number of fused-ring (bicyclic) bond motifs is 1. The van der Waals surface area contributed by atoms with E-state index in [-0.39, 0.29) is 0 Å². The highest BCUT2D eigenvalue weighted by Crippen LogP contribution is 2.14. The van der Waals surface area contributed by atoms with Crippen LogP contribution in [0.1, 0.15) is 19.4 Å². The van der Waals surface area contributed by atoms with Crippen LogP contribution in [0.25, 0.3) is 10.8 Å². The second-order valence-corrected chi connectivity index (χ2v) is 3.99. The maximum absolute atomic E-state index is 3.19. The van der Waals surface area contributed by atoms with Gasteiger partial charge in [-0.2, -0.15) is 0 Å². The topological polar surface area (TPSA) is 0 Å². The molecule has 0 aliphatic rings. The Hall–Kier alpha value is -1.74. The van der Waals surface area contributed by atoms with E-state index in [4.69, 9.17) is 0 Å². The molecule has 0 aliphatic carbocycles. The van der Waals surface area contributed by atoms with Crippen molar-refractivity contribution in [2.24, 2.45) is 5.92 Å². The first kappa shape index (κ1) is 9.80. The Morgan fingerprint density at radius 2 is 1.67 bits per heavy atom. The van der Waals surface area contributed by atoms with Crippen LogP contribution in [0.15, 0.2) is 42.5 Å². The highest BCUT2D eigenvalue weighted by molar-refractivity contribution is 5.83. The number of rotatable bonds is 0. The van der Waals surface area contributed by atoms with Gasteiger partial charge >= 0.3 is 0 Å². The van der Waals surface area contributed by atoms with Crippen LogP contribution in [0.2, 0.25) is 0 Å². The first-order chi connectivity index (χ1) is 7.25. The second-order valence-electron chi connectivity index (χ2n) is 3.99. The molecule has 0 heteroatoms. The minimum absolute atomic E-state index is 0.427. The first-order valence-electron chi connectivity index (χ1n) is 5.26. The predicted molar refractivity (Wildman–Crippen MR) is 65.7 cm³/mol. The largest absolute Gasteiger partial charge is 0.0951 e. The Kier molecular flexibility index (Phi) is 2.74. The maximum Gasteiger partial charge on any atom is 0.0251 e. The smallest absolute Gasteiger partial charge is 0.0251 e. The molecule has 0 aromatic heterocycles. The van der Waals surface area contributed by atoms with Crippen molar-refractivity contribution >= 4 is 10.8 Å². The Balaban J connectivity index is 2.44. The Morgan fingerprint density at radius 1 is 0.933 bits per heavy atom. The molecule has 2 aromatic carbocycles. The Labute approximate surface area is 90.9 Å². The average Bonchev–Trinajstić information content (AvgIpc) is 2.26. The van der Waals surface area contributed by atoms with Gasteiger partial charge in [0.2, 0.25) is 0 Å². The lowest BCUT2D eigenvalue weighted by atomic mass is 10.1. The third kappa shape index (κ3) is 2.39. The normalized spacial score (nSPS) is 10.1. The molecule has 0 bridgehead atoms. The van der Waals surface area contributed by atoms with Gasteiger partial charge in [0, 0.05) is 11.5 Å². The van der Waals surface area contributed by atoms with E-state index in [0.29, 0.717) is 5.92 Å². The SMILES string of the molecule is CC(C)C#Cc1ccc2ccccc2c1. The van der Waals surface area contributed by atoms with Crippen LogP contribution in [-0.4, -0.2) is 0 Å². The van der Waals surface area contributed by atoms with E-state index in [9.17, 15) is 0 Å². The van der Waals surface area contributed by atoms with Crippen molar-refractivity contribution in [3.63, 3.8) is 0 Å². The van der Waals surface area contributed by atoms with E-state index < -0.39 is 0 Å². The first-order valence-corrected chi connectivity index (χ1v) is 5.26. The lowest BCUT2D eigenvalue weighted by Crippen LogP contribution is -1.80. The van der Waals surface area contributed by atoms with Crippen LogP contribution in [-0.2, 0) is 0 Å². The fourth-order valence-electron chi connectivity index (χ4n) is 1.49. The summed E-state index contributed by atoms with van der Waals surface area (Å²) >= 11 is 0. The van der Waals surface area contributed by atoms with Crippen molar-refractivity contribution in [1.82, 2.24) is 0 Å². The summed E-state index contributed by atoms with van der Waals surface area (Å²) in [6.07, 6.45) is 0.